The fourth-order valence-corrected chi connectivity index (χ4v) is 2.61. The van der Waals surface area contributed by atoms with Crippen molar-refractivity contribution in [3.8, 4) is 5.75 Å². The molecule has 0 bridgehead atoms. The summed E-state index contributed by atoms with van der Waals surface area (Å²) in [6.45, 7) is 2.08. The van der Waals surface area contributed by atoms with Crippen molar-refractivity contribution in [3.05, 3.63) is 53.6 Å². The van der Waals surface area contributed by atoms with Crippen molar-refractivity contribution in [2.24, 2.45) is 0 Å². The third kappa shape index (κ3) is 2.94. The third-order valence-corrected chi connectivity index (χ3v) is 3.80. The van der Waals surface area contributed by atoms with E-state index in [1.807, 2.05) is 18.2 Å². The van der Waals surface area contributed by atoms with E-state index in [9.17, 15) is 5.11 Å². The van der Waals surface area contributed by atoms with Gasteiger partial charge >= 0.3 is 0 Å². The Labute approximate surface area is 105 Å². The quantitative estimate of drug-likeness (QED) is 0.493. The van der Waals surface area contributed by atoms with Gasteiger partial charge < -0.3 is 10.8 Å². The summed E-state index contributed by atoms with van der Waals surface area (Å²) in [7, 11) is 0. The largest absolute Gasteiger partial charge is 0.508 e. The van der Waals surface area contributed by atoms with Gasteiger partial charge in [0.05, 0.1) is 0 Å². The van der Waals surface area contributed by atoms with Crippen LogP contribution in [-0.2, 0) is 5.75 Å². The number of thioether (sulfide) groups is 1. The van der Waals surface area contributed by atoms with Crippen LogP contribution in [0.25, 0.3) is 0 Å². The molecular weight excluding hydrogens is 230 g/mol. The first kappa shape index (κ1) is 11.9. The van der Waals surface area contributed by atoms with E-state index >= 15 is 0 Å². The van der Waals surface area contributed by atoms with Crippen LogP contribution in [0.1, 0.15) is 11.1 Å². The minimum atomic E-state index is 0.306. The fourth-order valence-electron chi connectivity index (χ4n) is 1.59. The monoisotopic (exact) mass is 245 g/mol. The molecule has 0 atom stereocenters. The standard InChI is InChI=1S/C14H15NOS/c1-10-4-2-3-5-14(10)17-9-11-8-12(15)6-7-13(11)16/h2-8,16H,9,15H2,1H3. The molecule has 2 aromatic rings. The van der Waals surface area contributed by atoms with Crippen LogP contribution in [0.3, 0.4) is 0 Å². The Morgan fingerprint density at radius 2 is 1.94 bits per heavy atom. The first-order chi connectivity index (χ1) is 8.16. The van der Waals surface area contributed by atoms with E-state index < -0.39 is 0 Å². The Morgan fingerprint density at radius 1 is 1.18 bits per heavy atom. The average Bonchev–Trinajstić information content (AvgIpc) is 2.32. The maximum atomic E-state index is 9.71. The molecule has 0 unspecified atom stereocenters. The summed E-state index contributed by atoms with van der Waals surface area (Å²) >= 11 is 1.71. The number of phenols is 1. The molecule has 0 fully saturated rings. The van der Waals surface area contributed by atoms with Gasteiger partial charge in [0.2, 0.25) is 0 Å². The van der Waals surface area contributed by atoms with Crippen LogP contribution < -0.4 is 5.73 Å². The zero-order valence-corrected chi connectivity index (χ0v) is 10.5. The van der Waals surface area contributed by atoms with Crippen LogP contribution in [0.4, 0.5) is 5.69 Å². The Balaban J connectivity index is 2.12. The van der Waals surface area contributed by atoms with Gasteiger partial charge in [0.25, 0.3) is 0 Å². The van der Waals surface area contributed by atoms with E-state index in [4.69, 9.17) is 5.73 Å². The molecule has 0 heterocycles. The molecule has 17 heavy (non-hydrogen) atoms. The van der Waals surface area contributed by atoms with Gasteiger partial charge in [-0.05, 0) is 36.8 Å². The third-order valence-electron chi connectivity index (χ3n) is 2.58. The summed E-state index contributed by atoms with van der Waals surface area (Å²) in [5.41, 5.74) is 8.51. The molecule has 2 rings (SSSR count). The number of hydrogen-bond donors (Lipinski definition) is 2. The summed E-state index contributed by atoms with van der Waals surface area (Å²) in [4.78, 5) is 1.23. The van der Waals surface area contributed by atoms with Crippen LogP contribution in [-0.4, -0.2) is 5.11 Å². The summed E-state index contributed by atoms with van der Waals surface area (Å²) in [5.74, 6) is 1.03. The van der Waals surface area contributed by atoms with Crippen molar-refractivity contribution in [1.29, 1.82) is 0 Å². The van der Waals surface area contributed by atoms with Crippen LogP contribution >= 0.6 is 11.8 Å². The SMILES string of the molecule is Cc1ccccc1SCc1cc(N)ccc1O. The highest BCUT2D eigenvalue weighted by Gasteiger charge is 2.04. The highest BCUT2D eigenvalue weighted by atomic mass is 32.2. The molecule has 0 saturated carbocycles. The number of hydrogen-bond acceptors (Lipinski definition) is 3. The molecule has 0 spiro atoms. The second kappa shape index (κ2) is 5.15. The maximum Gasteiger partial charge on any atom is 0.119 e. The van der Waals surface area contributed by atoms with E-state index in [1.54, 1.807) is 23.9 Å². The number of nitrogen functional groups attached to an aromatic ring is 1. The number of aromatic hydroxyl groups is 1. The molecule has 0 saturated heterocycles. The minimum Gasteiger partial charge on any atom is -0.508 e. The summed E-state index contributed by atoms with van der Waals surface area (Å²) in [6.07, 6.45) is 0. The van der Waals surface area contributed by atoms with Crippen molar-refractivity contribution in [3.63, 3.8) is 0 Å². The highest BCUT2D eigenvalue weighted by molar-refractivity contribution is 7.98. The topological polar surface area (TPSA) is 46.2 Å². The predicted molar refractivity (Wildman–Crippen MR) is 73.3 cm³/mol. The van der Waals surface area contributed by atoms with Gasteiger partial charge in [0.15, 0.2) is 0 Å². The zero-order chi connectivity index (χ0) is 12.3. The van der Waals surface area contributed by atoms with Gasteiger partial charge in [-0.2, -0.15) is 0 Å². The lowest BCUT2D eigenvalue weighted by Gasteiger charge is -2.07. The van der Waals surface area contributed by atoms with Gasteiger partial charge in [-0.3, -0.25) is 0 Å². The van der Waals surface area contributed by atoms with E-state index in [2.05, 4.69) is 19.1 Å². The van der Waals surface area contributed by atoms with E-state index in [1.165, 1.54) is 10.5 Å². The molecule has 3 heteroatoms. The van der Waals surface area contributed by atoms with Crippen molar-refractivity contribution in [1.82, 2.24) is 0 Å². The van der Waals surface area contributed by atoms with Crippen molar-refractivity contribution >= 4 is 17.4 Å². The first-order valence-electron chi connectivity index (χ1n) is 5.42. The molecule has 2 nitrogen and oxygen atoms in total. The van der Waals surface area contributed by atoms with Gasteiger partial charge in [0, 0.05) is 21.9 Å². The molecule has 0 aliphatic carbocycles. The number of rotatable bonds is 3. The Kier molecular flexibility index (Phi) is 3.59. The van der Waals surface area contributed by atoms with E-state index in [0.29, 0.717) is 11.4 Å². The molecule has 0 radical (unpaired) electrons. The van der Waals surface area contributed by atoms with Crippen LogP contribution in [0.5, 0.6) is 5.75 Å². The number of phenolic OH excluding ortho intramolecular Hbond substituents is 1. The second-order valence-electron chi connectivity index (χ2n) is 3.94. The molecular formula is C14H15NOS. The van der Waals surface area contributed by atoms with Crippen LogP contribution in [0.15, 0.2) is 47.4 Å². The summed E-state index contributed by atoms with van der Waals surface area (Å²) < 4.78 is 0. The average molecular weight is 245 g/mol. The van der Waals surface area contributed by atoms with Crippen LogP contribution in [0.2, 0.25) is 0 Å². The van der Waals surface area contributed by atoms with Gasteiger partial charge in [0.1, 0.15) is 5.75 Å². The van der Waals surface area contributed by atoms with Gasteiger partial charge in [-0.15, -0.1) is 11.8 Å². The normalized spacial score (nSPS) is 10.4. The lowest BCUT2D eigenvalue weighted by atomic mass is 10.2. The van der Waals surface area contributed by atoms with E-state index in [0.717, 1.165) is 11.3 Å². The van der Waals surface area contributed by atoms with Crippen LogP contribution in [0, 0.1) is 6.92 Å². The lowest BCUT2D eigenvalue weighted by Crippen LogP contribution is -1.88. The molecule has 0 aliphatic rings. The lowest BCUT2D eigenvalue weighted by molar-refractivity contribution is 0.471. The zero-order valence-electron chi connectivity index (χ0n) is 9.68. The van der Waals surface area contributed by atoms with Crippen molar-refractivity contribution in [2.45, 2.75) is 17.6 Å². The van der Waals surface area contributed by atoms with Crippen molar-refractivity contribution < 1.29 is 5.11 Å². The Hall–Kier alpha value is -1.61. The summed E-state index contributed by atoms with van der Waals surface area (Å²) in [5, 5.41) is 9.71. The maximum absolute atomic E-state index is 9.71. The molecule has 0 amide bonds. The Bertz CT molecular complexity index is 525. The molecule has 0 aromatic heterocycles. The number of nitrogens with two attached hydrogens (primary N) is 1. The Morgan fingerprint density at radius 3 is 2.71 bits per heavy atom. The number of anilines is 1. The van der Waals surface area contributed by atoms with E-state index in [-0.39, 0.29) is 0 Å². The smallest absolute Gasteiger partial charge is 0.119 e. The molecule has 0 aliphatic heterocycles. The molecule has 2 aromatic carbocycles. The molecule has 3 N–H and O–H groups in total. The predicted octanol–water partition coefficient (Wildman–Crippen LogP) is 3.58. The van der Waals surface area contributed by atoms with Gasteiger partial charge in [-0.1, -0.05) is 18.2 Å². The first-order valence-corrected chi connectivity index (χ1v) is 6.41. The fraction of sp³-hybridized carbons (Fsp3) is 0.143. The highest BCUT2D eigenvalue weighted by Crippen LogP contribution is 2.30. The minimum absolute atomic E-state index is 0.306. The number of benzene rings is 2. The van der Waals surface area contributed by atoms with Gasteiger partial charge in [-0.25, -0.2) is 0 Å². The molecule has 88 valence electrons. The second-order valence-corrected chi connectivity index (χ2v) is 4.96. The number of aryl methyl sites for hydroxylation is 1. The van der Waals surface area contributed by atoms with Crippen molar-refractivity contribution in [2.75, 3.05) is 5.73 Å². The summed E-state index contributed by atoms with van der Waals surface area (Å²) in [6, 6.07) is 13.4.